The average Bonchev–Trinajstić information content (AvgIpc) is 2.52. The quantitative estimate of drug-likeness (QED) is 0.818. The second kappa shape index (κ2) is 7.75. The third-order valence-corrected chi connectivity index (χ3v) is 4.48. The molecule has 112 valence electrons. The highest BCUT2D eigenvalue weighted by molar-refractivity contribution is 6.18. The first kappa shape index (κ1) is 15.5. The first-order valence-electron chi connectivity index (χ1n) is 7.28. The average molecular weight is 298 g/mol. The van der Waals surface area contributed by atoms with Crippen LogP contribution >= 0.6 is 11.6 Å². The summed E-state index contributed by atoms with van der Waals surface area (Å²) in [6, 6.07) is 6.60. The van der Waals surface area contributed by atoms with E-state index in [9.17, 15) is 0 Å². The van der Waals surface area contributed by atoms with Gasteiger partial charge in [0.25, 0.3) is 0 Å². The van der Waals surface area contributed by atoms with Gasteiger partial charge in [0.1, 0.15) is 11.5 Å². The van der Waals surface area contributed by atoms with E-state index in [2.05, 4.69) is 17.4 Å². The Morgan fingerprint density at radius 3 is 2.50 bits per heavy atom. The number of hydrogen-bond acceptors (Lipinski definition) is 3. The topological polar surface area (TPSA) is 30.5 Å². The summed E-state index contributed by atoms with van der Waals surface area (Å²) < 4.78 is 10.6. The van der Waals surface area contributed by atoms with Gasteiger partial charge in [0, 0.05) is 18.0 Å². The van der Waals surface area contributed by atoms with Gasteiger partial charge in [0.05, 0.1) is 14.2 Å². The van der Waals surface area contributed by atoms with Crippen molar-refractivity contribution in [1.29, 1.82) is 0 Å². The van der Waals surface area contributed by atoms with Gasteiger partial charge in [-0.25, -0.2) is 0 Å². The lowest BCUT2D eigenvalue weighted by molar-refractivity contribution is 0.289. The SMILES string of the molecule is COc1cc(CCC2NCCCC2CCl)cc(OC)c1. The monoisotopic (exact) mass is 297 g/mol. The molecule has 1 aliphatic rings. The number of methoxy groups -OCH3 is 2. The maximum absolute atomic E-state index is 6.07. The first-order valence-corrected chi connectivity index (χ1v) is 7.81. The molecular weight excluding hydrogens is 274 g/mol. The van der Waals surface area contributed by atoms with Crippen LogP contribution in [0.2, 0.25) is 0 Å². The third kappa shape index (κ3) is 4.03. The van der Waals surface area contributed by atoms with Gasteiger partial charge < -0.3 is 14.8 Å². The van der Waals surface area contributed by atoms with Gasteiger partial charge in [-0.2, -0.15) is 0 Å². The van der Waals surface area contributed by atoms with Crippen LogP contribution in [-0.2, 0) is 6.42 Å². The maximum Gasteiger partial charge on any atom is 0.122 e. The lowest BCUT2D eigenvalue weighted by Gasteiger charge is -2.31. The lowest BCUT2D eigenvalue weighted by Crippen LogP contribution is -2.42. The van der Waals surface area contributed by atoms with Crippen molar-refractivity contribution in [2.24, 2.45) is 5.92 Å². The molecule has 2 atom stereocenters. The first-order chi connectivity index (χ1) is 9.76. The number of ether oxygens (including phenoxy) is 2. The fourth-order valence-electron chi connectivity index (χ4n) is 2.87. The molecule has 0 bridgehead atoms. The van der Waals surface area contributed by atoms with Crippen molar-refractivity contribution in [3.8, 4) is 11.5 Å². The smallest absolute Gasteiger partial charge is 0.122 e. The Labute approximate surface area is 126 Å². The van der Waals surface area contributed by atoms with E-state index >= 15 is 0 Å². The molecule has 2 unspecified atom stereocenters. The van der Waals surface area contributed by atoms with E-state index in [1.165, 1.54) is 18.4 Å². The summed E-state index contributed by atoms with van der Waals surface area (Å²) in [5.41, 5.74) is 1.25. The van der Waals surface area contributed by atoms with Crippen molar-refractivity contribution in [3.63, 3.8) is 0 Å². The summed E-state index contributed by atoms with van der Waals surface area (Å²) in [5.74, 6) is 3.05. The summed E-state index contributed by atoms with van der Waals surface area (Å²) in [7, 11) is 3.37. The van der Waals surface area contributed by atoms with E-state index in [0.29, 0.717) is 12.0 Å². The van der Waals surface area contributed by atoms with E-state index in [-0.39, 0.29) is 0 Å². The molecule has 0 amide bonds. The van der Waals surface area contributed by atoms with Gasteiger partial charge >= 0.3 is 0 Å². The molecule has 0 aromatic heterocycles. The lowest BCUT2D eigenvalue weighted by atomic mass is 9.88. The molecule has 1 saturated heterocycles. The highest BCUT2D eigenvalue weighted by Gasteiger charge is 2.23. The zero-order valence-corrected chi connectivity index (χ0v) is 13.1. The number of halogens is 1. The molecule has 1 N–H and O–H groups in total. The van der Waals surface area contributed by atoms with Crippen LogP contribution in [-0.4, -0.2) is 32.7 Å². The number of nitrogens with one attached hydrogen (secondary N) is 1. The van der Waals surface area contributed by atoms with Crippen LogP contribution in [0.25, 0.3) is 0 Å². The zero-order valence-electron chi connectivity index (χ0n) is 12.3. The molecule has 1 heterocycles. The summed E-state index contributed by atoms with van der Waals surface area (Å²) in [4.78, 5) is 0. The molecule has 1 fully saturated rings. The minimum absolute atomic E-state index is 0.526. The highest BCUT2D eigenvalue weighted by Crippen LogP contribution is 2.26. The normalized spacial score (nSPS) is 22.6. The second-order valence-corrected chi connectivity index (χ2v) is 5.69. The number of hydrogen-bond donors (Lipinski definition) is 1. The molecule has 2 rings (SSSR count). The second-order valence-electron chi connectivity index (χ2n) is 5.38. The minimum atomic E-state index is 0.526. The molecule has 3 nitrogen and oxygen atoms in total. The Morgan fingerprint density at radius 2 is 1.90 bits per heavy atom. The molecule has 0 spiro atoms. The molecule has 0 aliphatic carbocycles. The number of benzene rings is 1. The van der Waals surface area contributed by atoms with Gasteiger partial charge in [0.15, 0.2) is 0 Å². The van der Waals surface area contributed by atoms with Crippen molar-refractivity contribution in [1.82, 2.24) is 5.32 Å². The van der Waals surface area contributed by atoms with E-state index in [0.717, 1.165) is 36.8 Å². The predicted octanol–water partition coefficient (Wildman–Crippen LogP) is 3.24. The van der Waals surface area contributed by atoms with Crippen molar-refractivity contribution < 1.29 is 9.47 Å². The molecule has 1 aliphatic heterocycles. The van der Waals surface area contributed by atoms with Gasteiger partial charge in [-0.1, -0.05) is 0 Å². The van der Waals surface area contributed by atoms with Gasteiger partial charge in [-0.3, -0.25) is 0 Å². The summed E-state index contributed by atoms with van der Waals surface area (Å²) in [6.07, 6.45) is 4.59. The standard InChI is InChI=1S/C16H24ClNO2/c1-19-14-8-12(9-15(10-14)20-2)5-6-16-13(11-17)4-3-7-18-16/h8-10,13,16,18H,3-7,11H2,1-2H3. The number of alkyl halides is 1. The van der Waals surface area contributed by atoms with Crippen LogP contribution in [0.3, 0.4) is 0 Å². The summed E-state index contributed by atoms with van der Waals surface area (Å²) in [6.45, 7) is 1.11. The van der Waals surface area contributed by atoms with Crippen molar-refractivity contribution in [3.05, 3.63) is 23.8 Å². The van der Waals surface area contributed by atoms with Crippen LogP contribution in [0.5, 0.6) is 11.5 Å². The summed E-state index contributed by atoms with van der Waals surface area (Å²) in [5, 5.41) is 3.60. The third-order valence-electron chi connectivity index (χ3n) is 4.08. The molecular formula is C16H24ClNO2. The van der Waals surface area contributed by atoms with Gasteiger partial charge in [0.2, 0.25) is 0 Å². The molecule has 1 aromatic carbocycles. The highest BCUT2D eigenvalue weighted by atomic mass is 35.5. The molecule has 0 saturated carbocycles. The van der Waals surface area contributed by atoms with Crippen LogP contribution in [0.1, 0.15) is 24.8 Å². The Hall–Kier alpha value is -0.930. The van der Waals surface area contributed by atoms with Crippen LogP contribution in [0, 0.1) is 5.92 Å². The van der Waals surface area contributed by atoms with Crippen LogP contribution in [0.4, 0.5) is 0 Å². The van der Waals surface area contributed by atoms with Gasteiger partial charge in [-0.05, 0) is 55.8 Å². The zero-order chi connectivity index (χ0) is 14.4. The van der Waals surface area contributed by atoms with Crippen molar-refractivity contribution >= 4 is 11.6 Å². The molecule has 0 radical (unpaired) electrons. The Kier molecular flexibility index (Phi) is 5.99. The molecule has 4 heteroatoms. The van der Waals surface area contributed by atoms with E-state index in [1.807, 2.05) is 6.07 Å². The fraction of sp³-hybridized carbons (Fsp3) is 0.625. The Morgan fingerprint density at radius 1 is 1.20 bits per heavy atom. The van der Waals surface area contributed by atoms with Crippen molar-refractivity contribution in [2.45, 2.75) is 31.7 Å². The van der Waals surface area contributed by atoms with E-state index in [1.54, 1.807) is 14.2 Å². The van der Waals surface area contributed by atoms with Crippen molar-refractivity contribution in [2.75, 3.05) is 26.6 Å². The Balaban J connectivity index is 1.98. The number of rotatable bonds is 6. The predicted molar refractivity (Wildman–Crippen MR) is 83.1 cm³/mol. The molecule has 1 aromatic rings. The number of piperidine rings is 1. The van der Waals surface area contributed by atoms with E-state index in [4.69, 9.17) is 21.1 Å². The van der Waals surface area contributed by atoms with Crippen LogP contribution < -0.4 is 14.8 Å². The fourth-order valence-corrected chi connectivity index (χ4v) is 3.24. The largest absolute Gasteiger partial charge is 0.497 e. The minimum Gasteiger partial charge on any atom is -0.497 e. The summed E-state index contributed by atoms with van der Waals surface area (Å²) >= 11 is 6.07. The van der Waals surface area contributed by atoms with Crippen LogP contribution in [0.15, 0.2) is 18.2 Å². The van der Waals surface area contributed by atoms with E-state index < -0.39 is 0 Å². The number of aryl methyl sites for hydroxylation is 1. The van der Waals surface area contributed by atoms with Gasteiger partial charge in [-0.15, -0.1) is 11.6 Å². The maximum atomic E-state index is 6.07. The molecule has 20 heavy (non-hydrogen) atoms. The Bertz CT molecular complexity index is 403.